The number of ether oxygens (including phenoxy) is 1. The number of amides is 3. The van der Waals surface area contributed by atoms with Gasteiger partial charge in [0.15, 0.2) is 5.82 Å². The van der Waals surface area contributed by atoms with Crippen molar-refractivity contribution < 1.29 is 18.8 Å². The van der Waals surface area contributed by atoms with Crippen molar-refractivity contribution in [2.75, 3.05) is 25.0 Å². The van der Waals surface area contributed by atoms with E-state index in [1.165, 1.54) is 4.90 Å². The number of hydrogen-bond donors (Lipinski definition) is 2. The zero-order valence-electron chi connectivity index (χ0n) is 14.7. The summed E-state index contributed by atoms with van der Waals surface area (Å²) in [4.78, 5) is 26.2. The fraction of sp³-hybridized carbons (Fsp3) is 0.688. The molecule has 0 radical (unpaired) electrons. The second kappa shape index (κ2) is 7.65. The Hall–Kier alpha value is -2.09. The molecule has 24 heavy (non-hydrogen) atoms. The number of carbonyl (C=O) groups excluding carboxylic acids is 2. The number of nitrogens with one attached hydrogen (secondary N) is 2. The molecule has 2 rings (SSSR count). The number of nitrogens with zero attached hydrogens (tertiary/aromatic N) is 2. The summed E-state index contributed by atoms with van der Waals surface area (Å²) in [5, 5.41) is 9.23. The summed E-state index contributed by atoms with van der Waals surface area (Å²) in [7, 11) is 0. The lowest BCUT2D eigenvalue weighted by atomic mass is 10.1. The van der Waals surface area contributed by atoms with E-state index in [9.17, 15) is 9.59 Å². The number of rotatable bonds is 5. The van der Waals surface area contributed by atoms with Gasteiger partial charge in [0.1, 0.15) is 12.3 Å². The van der Waals surface area contributed by atoms with E-state index < -0.39 is 0 Å². The van der Waals surface area contributed by atoms with Crippen molar-refractivity contribution in [3.8, 4) is 0 Å². The van der Waals surface area contributed by atoms with Crippen LogP contribution in [0.3, 0.4) is 0 Å². The summed E-state index contributed by atoms with van der Waals surface area (Å²) in [6.45, 7) is 8.43. The number of carbonyl (C=O) groups is 2. The van der Waals surface area contributed by atoms with Crippen LogP contribution in [0.1, 0.15) is 39.4 Å². The minimum Gasteiger partial charge on any atom is -0.376 e. The summed E-state index contributed by atoms with van der Waals surface area (Å²) in [6, 6.07) is 1.34. The van der Waals surface area contributed by atoms with Crippen LogP contribution in [0, 0.1) is 6.92 Å². The third-order valence-electron chi connectivity index (χ3n) is 3.45. The molecule has 1 fully saturated rings. The summed E-state index contributed by atoms with van der Waals surface area (Å²) < 4.78 is 10.5. The highest BCUT2D eigenvalue weighted by molar-refractivity contribution is 5.93. The predicted octanol–water partition coefficient (Wildman–Crippen LogP) is 1.91. The summed E-state index contributed by atoms with van der Waals surface area (Å²) in [5.74, 6) is 0.614. The van der Waals surface area contributed by atoms with Gasteiger partial charge < -0.3 is 24.8 Å². The number of aryl methyl sites for hydroxylation is 1. The van der Waals surface area contributed by atoms with E-state index in [1.54, 1.807) is 13.0 Å². The first-order valence-corrected chi connectivity index (χ1v) is 8.15. The molecule has 0 bridgehead atoms. The molecular weight excluding hydrogens is 312 g/mol. The lowest BCUT2D eigenvalue weighted by Gasteiger charge is -2.29. The van der Waals surface area contributed by atoms with Crippen LogP contribution in [0.4, 0.5) is 10.6 Å². The first-order valence-electron chi connectivity index (χ1n) is 8.15. The van der Waals surface area contributed by atoms with E-state index >= 15 is 0 Å². The molecule has 2 heterocycles. The molecule has 0 spiro atoms. The van der Waals surface area contributed by atoms with Gasteiger partial charge in [-0.25, -0.2) is 4.79 Å². The Morgan fingerprint density at radius 3 is 2.71 bits per heavy atom. The number of anilines is 1. The molecule has 1 atom stereocenters. The number of hydrogen-bond acceptors (Lipinski definition) is 5. The highest BCUT2D eigenvalue weighted by atomic mass is 16.5. The predicted molar refractivity (Wildman–Crippen MR) is 88.7 cm³/mol. The van der Waals surface area contributed by atoms with E-state index in [-0.39, 0.29) is 30.1 Å². The second-order valence-corrected chi connectivity index (χ2v) is 7.07. The molecule has 0 saturated carbocycles. The minimum atomic E-state index is -0.383. The summed E-state index contributed by atoms with van der Waals surface area (Å²) in [6.07, 6.45) is 1.84. The van der Waals surface area contributed by atoms with E-state index in [2.05, 4.69) is 15.8 Å². The van der Waals surface area contributed by atoms with Gasteiger partial charge in [0.25, 0.3) is 0 Å². The molecule has 1 unspecified atom stereocenters. The standard InChI is InChI=1S/C16H26N4O4/c1-11-8-13(19-24-11)17-14(21)10-20(9-12-6-5-7-23-12)15(22)18-16(2,3)4/h8,12H,5-7,9-10H2,1-4H3,(H,18,22)(H,17,19,21). The molecule has 1 aromatic rings. The largest absolute Gasteiger partial charge is 0.376 e. The van der Waals surface area contributed by atoms with Crippen LogP contribution in [-0.2, 0) is 9.53 Å². The third kappa shape index (κ3) is 5.84. The molecule has 1 aliphatic rings. The Morgan fingerprint density at radius 2 is 2.17 bits per heavy atom. The van der Waals surface area contributed by atoms with Crippen LogP contribution in [-0.4, -0.2) is 53.3 Å². The average molecular weight is 338 g/mol. The molecule has 1 saturated heterocycles. The highest BCUT2D eigenvalue weighted by Gasteiger charge is 2.26. The Labute approximate surface area is 141 Å². The monoisotopic (exact) mass is 338 g/mol. The highest BCUT2D eigenvalue weighted by Crippen LogP contribution is 2.14. The van der Waals surface area contributed by atoms with E-state index in [4.69, 9.17) is 9.26 Å². The van der Waals surface area contributed by atoms with Crippen molar-refractivity contribution >= 4 is 17.8 Å². The molecule has 1 aromatic heterocycles. The third-order valence-corrected chi connectivity index (χ3v) is 3.45. The van der Waals surface area contributed by atoms with E-state index in [1.807, 2.05) is 20.8 Å². The van der Waals surface area contributed by atoms with Gasteiger partial charge in [-0.1, -0.05) is 5.16 Å². The first-order chi connectivity index (χ1) is 11.2. The molecule has 0 aromatic carbocycles. The summed E-state index contributed by atoms with van der Waals surface area (Å²) in [5.41, 5.74) is -0.383. The van der Waals surface area contributed by atoms with Crippen LogP contribution >= 0.6 is 0 Å². The minimum absolute atomic E-state index is 0.0298. The maximum Gasteiger partial charge on any atom is 0.318 e. The topological polar surface area (TPSA) is 96.7 Å². The van der Waals surface area contributed by atoms with Crippen molar-refractivity contribution in [1.82, 2.24) is 15.4 Å². The van der Waals surface area contributed by atoms with Crippen molar-refractivity contribution in [3.63, 3.8) is 0 Å². The van der Waals surface area contributed by atoms with E-state index in [0.717, 1.165) is 12.8 Å². The van der Waals surface area contributed by atoms with Gasteiger partial charge in [0, 0.05) is 24.8 Å². The Kier molecular flexibility index (Phi) is 5.82. The Morgan fingerprint density at radius 1 is 1.42 bits per heavy atom. The van der Waals surface area contributed by atoms with Crippen molar-refractivity contribution in [3.05, 3.63) is 11.8 Å². The van der Waals surface area contributed by atoms with Crippen LogP contribution in [0.5, 0.6) is 0 Å². The van der Waals surface area contributed by atoms with Gasteiger partial charge in [-0.2, -0.15) is 0 Å². The molecular formula is C16H26N4O4. The molecule has 1 aliphatic heterocycles. The maximum atomic E-state index is 12.5. The fourth-order valence-corrected chi connectivity index (χ4v) is 2.43. The fourth-order valence-electron chi connectivity index (χ4n) is 2.43. The maximum absolute atomic E-state index is 12.5. The zero-order valence-corrected chi connectivity index (χ0v) is 14.7. The first kappa shape index (κ1) is 18.3. The molecule has 8 heteroatoms. The van der Waals surface area contributed by atoms with Gasteiger partial charge in [-0.05, 0) is 40.5 Å². The normalized spacial score (nSPS) is 17.6. The van der Waals surface area contributed by atoms with Crippen LogP contribution in [0.2, 0.25) is 0 Å². The van der Waals surface area contributed by atoms with Crippen LogP contribution < -0.4 is 10.6 Å². The van der Waals surface area contributed by atoms with Crippen molar-refractivity contribution in [2.24, 2.45) is 0 Å². The van der Waals surface area contributed by atoms with Crippen molar-refractivity contribution in [2.45, 2.75) is 52.2 Å². The quantitative estimate of drug-likeness (QED) is 0.855. The van der Waals surface area contributed by atoms with E-state index in [0.29, 0.717) is 24.7 Å². The van der Waals surface area contributed by atoms with Gasteiger partial charge in [0.2, 0.25) is 5.91 Å². The van der Waals surface area contributed by atoms with Gasteiger partial charge in [-0.15, -0.1) is 0 Å². The second-order valence-electron chi connectivity index (χ2n) is 7.07. The number of urea groups is 1. The molecule has 134 valence electrons. The van der Waals surface area contributed by atoms with Gasteiger partial charge in [0.05, 0.1) is 6.10 Å². The lowest BCUT2D eigenvalue weighted by Crippen LogP contribution is -2.52. The van der Waals surface area contributed by atoms with Gasteiger partial charge >= 0.3 is 6.03 Å². The molecule has 2 N–H and O–H groups in total. The molecule has 8 nitrogen and oxygen atoms in total. The van der Waals surface area contributed by atoms with Crippen LogP contribution in [0.25, 0.3) is 0 Å². The lowest BCUT2D eigenvalue weighted by molar-refractivity contribution is -0.117. The smallest absolute Gasteiger partial charge is 0.318 e. The zero-order chi connectivity index (χ0) is 17.7. The van der Waals surface area contributed by atoms with Crippen LogP contribution in [0.15, 0.2) is 10.6 Å². The SMILES string of the molecule is Cc1cc(NC(=O)CN(CC2CCCO2)C(=O)NC(C)(C)C)no1. The summed E-state index contributed by atoms with van der Waals surface area (Å²) >= 11 is 0. The Bertz CT molecular complexity index is 573. The average Bonchev–Trinajstić information content (AvgIpc) is 3.08. The van der Waals surface area contributed by atoms with Crippen molar-refractivity contribution in [1.29, 1.82) is 0 Å². The molecule has 3 amide bonds. The Balaban J connectivity index is 1.97. The molecule has 0 aliphatic carbocycles. The van der Waals surface area contributed by atoms with Gasteiger partial charge in [-0.3, -0.25) is 4.79 Å². The number of aromatic nitrogens is 1.